The second-order valence-corrected chi connectivity index (χ2v) is 5.13. The minimum Gasteiger partial charge on any atom is -0.374 e. The van der Waals surface area contributed by atoms with E-state index in [2.05, 4.69) is 33.4 Å². The Morgan fingerprint density at radius 3 is 2.65 bits per heavy atom. The summed E-state index contributed by atoms with van der Waals surface area (Å²) in [5.74, 6) is 1.71. The van der Waals surface area contributed by atoms with Crippen molar-refractivity contribution in [2.75, 3.05) is 6.61 Å². The van der Waals surface area contributed by atoms with Crippen molar-refractivity contribution in [3.8, 4) is 0 Å². The highest BCUT2D eigenvalue weighted by molar-refractivity contribution is 5.18. The summed E-state index contributed by atoms with van der Waals surface area (Å²) in [7, 11) is 0. The van der Waals surface area contributed by atoms with Gasteiger partial charge in [-0.2, -0.15) is 0 Å². The molecule has 0 amide bonds. The monoisotopic (exact) mass is 234 g/mol. The van der Waals surface area contributed by atoms with E-state index in [1.165, 1.54) is 18.4 Å². The summed E-state index contributed by atoms with van der Waals surface area (Å²) in [6.07, 6.45) is 11.9. The molecule has 0 heterocycles. The van der Waals surface area contributed by atoms with Crippen molar-refractivity contribution in [1.82, 2.24) is 0 Å². The quantitative estimate of drug-likeness (QED) is 0.589. The Morgan fingerprint density at radius 1 is 1.41 bits per heavy atom. The van der Waals surface area contributed by atoms with Crippen molar-refractivity contribution in [2.45, 2.75) is 46.1 Å². The third kappa shape index (κ3) is 4.91. The molecule has 1 fully saturated rings. The van der Waals surface area contributed by atoms with Gasteiger partial charge in [0, 0.05) is 0 Å². The van der Waals surface area contributed by atoms with Gasteiger partial charge in [-0.1, -0.05) is 44.7 Å². The van der Waals surface area contributed by atoms with E-state index in [0.717, 1.165) is 24.9 Å². The van der Waals surface area contributed by atoms with Gasteiger partial charge in [0.25, 0.3) is 0 Å². The normalized spacial score (nSPS) is 26.9. The molecule has 0 radical (unpaired) electrons. The molecule has 0 spiro atoms. The zero-order valence-corrected chi connectivity index (χ0v) is 11.5. The number of rotatable bonds is 7. The average molecular weight is 234 g/mol. The molecule has 0 N–H and O–H groups in total. The summed E-state index contributed by atoms with van der Waals surface area (Å²) in [6.45, 7) is 11.2. The van der Waals surface area contributed by atoms with Gasteiger partial charge in [-0.05, 0) is 43.6 Å². The van der Waals surface area contributed by atoms with E-state index in [1.807, 2.05) is 12.2 Å². The van der Waals surface area contributed by atoms with Gasteiger partial charge in [-0.3, -0.25) is 0 Å². The second kappa shape index (κ2) is 7.50. The first-order valence-electron chi connectivity index (χ1n) is 6.77. The lowest BCUT2D eigenvalue weighted by Crippen LogP contribution is -2.27. The highest BCUT2D eigenvalue weighted by Gasteiger charge is 2.25. The number of ether oxygens (including phenoxy) is 1. The third-order valence-corrected chi connectivity index (χ3v) is 3.54. The molecular formula is C16H26O. The summed E-state index contributed by atoms with van der Waals surface area (Å²) in [4.78, 5) is 0. The molecule has 1 atom stereocenters. The highest BCUT2D eigenvalue weighted by atomic mass is 16.5. The molecule has 1 saturated carbocycles. The van der Waals surface area contributed by atoms with Crippen molar-refractivity contribution in [2.24, 2.45) is 11.8 Å². The zero-order valence-electron chi connectivity index (χ0n) is 11.5. The van der Waals surface area contributed by atoms with Crippen molar-refractivity contribution in [1.29, 1.82) is 0 Å². The van der Waals surface area contributed by atoms with E-state index < -0.39 is 0 Å². The van der Waals surface area contributed by atoms with Crippen molar-refractivity contribution < 1.29 is 4.74 Å². The number of hydrogen-bond donors (Lipinski definition) is 0. The van der Waals surface area contributed by atoms with Gasteiger partial charge in [0.1, 0.15) is 0 Å². The van der Waals surface area contributed by atoms with Gasteiger partial charge in [0.15, 0.2) is 0 Å². The van der Waals surface area contributed by atoms with Crippen LogP contribution in [0.25, 0.3) is 0 Å². The van der Waals surface area contributed by atoms with Gasteiger partial charge < -0.3 is 4.74 Å². The van der Waals surface area contributed by atoms with Crippen LogP contribution in [0.5, 0.6) is 0 Å². The Hall–Kier alpha value is -0.820. The molecule has 17 heavy (non-hydrogen) atoms. The van der Waals surface area contributed by atoms with E-state index in [-0.39, 0.29) is 6.10 Å². The Bertz CT molecular complexity index is 282. The fourth-order valence-electron chi connectivity index (χ4n) is 2.39. The molecule has 0 aliphatic heterocycles. The molecule has 0 saturated heterocycles. The van der Waals surface area contributed by atoms with Crippen LogP contribution >= 0.6 is 0 Å². The summed E-state index contributed by atoms with van der Waals surface area (Å²) < 4.78 is 5.95. The fraction of sp³-hybridized carbons (Fsp3) is 0.625. The van der Waals surface area contributed by atoms with Gasteiger partial charge in [0.05, 0.1) is 12.7 Å². The Morgan fingerprint density at radius 2 is 2.12 bits per heavy atom. The first-order chi connectivity index (χ1) is 8.17. The molecule has 1 aliphatic rings. The Balaban J connectivity index is 2.32. The molecule has 1 heteroatoms. The molecular weight excluding hydrogens is 208 g/mol. The lowest BCUT2D eigenvalue weighted by Gasteiger charge is -2.33. The lowest BCUT2D eigenvalue weighted by molar-refractivity contribution is 0.0201. The molecule has 0 aromatic heterocycles. The molecule has 0 aromatic rings. The van der Waals surface area contributed by atoms with E-state index in [4.69, 9.17) is 4.74 Å². The largest absolute Gasteiger partial charge is 0.374 e. The van der Waals surface area contributed by atoms with Crippen molar-refractivity contribution in [3.05, 3.63) is 36.5 Å². The van der Waals surface area contributed by atoms with Gasteiger partial charge in [0.2, 0.25) is 0 Å². The third-order valence-electron chi connectivity index (χ3n) is 3.54. The summed E-state index contributed by atoms with van der Waals surface area (Å²) >= 11 is 0. The topological polar surface area (TPSA) is 9.23 Å². The first-order valence-corrected chi connectivity index (χ1v) is 6.77. The van der Waals surface area contributed by atoms with E-state index in [9.17, 15) is 0 Å². The summed E-state index contributed by atoms with van der Waals surface area (Å²) in [5.41, 5.74) is 1.36. The minimum atomic E-state index is 0.241. The predicted octanol–water partition coefficient (Wildman–Crippen LogP) is 4.52. The maximum absolute atomic E-state index is 5.95. The SMILES string of the molecule is C=C/C=C\C=C(\CC)C(C)OCC1CC(C)C1. The van der Waals surface area contributed by atoms with Crippen LogP contribution in [0.3, 0.4) is 0 Å². The predicted molar refractivity (Wildman–Crippen MR) is 75.0 cm³/mol. The van der Waals surface area contributed by atoms with Crippen LogP contribution in [0.4, 0.5) is 0 Å². The Labute approximate surface area is 106 Å². The first kappa shape index (κ1) is 14.2. The van der Waals surface area contributed by atoms with Crippen molar-refractivity contribution >= 4 is 0 Å². The molecule has 1 aliphatic carbocycles. The van der Waals surface area contributed by atoms with E-state index in [1.54, 1.807) is 6.08 Å². The fourth-order valence-corrected chi connectivity index (χ4v) is 2.39. The standard InChI is InChI=1S/C16H26O/c1-5-7-8-9-16(6-2)14(4)17-12-15-10-13(3)11-15/h5,7-9,13-15H,1,6,10-12H2,2-4H3/b8-7-,16-9-. The van der Waals surface area contributed by atoms with Crippen molar-refractivity contribution in [3.63, 3.8) is 0 Å². The summed E-state index contributed by atoms with van der Waals surface area (Å²) in [6, 6.07) is 0. The maximum atomic E-state index is 5.95. The van der Waals surface area contributed by atoms with Crippen LogP contribution in [0.15, 0.2) is 36.5 Å². The van der Waals surface area contributed by atoms with Crippen LogP contribution in [-0.4, -0.2) is 12.7 Å². The molecule has 96 valence electrons. The van der Waals surface area contributed by atoms with Gasteiger partial charge >= 0.3 is 0 Å². The summed E-state index contributed by atoms with van der Waals surface area (Å²) in [5, 5.41) is 0. The molecule has 0 aromatic carbocycles. The minimum absolute atomic E-state index is 0.241. The average Bonchev–Trinajstić information content (AvgIpc) is 2.28. The van der Waals surface area contributed by atoms with E-state index in [0.29, 0.717) is 0 Å². The van der Waals surface area contributed by atoms with E-state index >= 15 is 0 Å². The van der Waals surface area contributed by atoms with Crippen LogP contribution in [0.1, 0.15) is 40.0 Å². The van der Waals surface area contributed by atoms with Crippen LogP contribution < -0.4 is 0 Å². The number of hydrogen-bond acceptors (Lipinski definition) is 1. The van der Waals surface area contributed by atoms with Gasteiger partial charge in [-0.15, -0.1) is 0 Å². The van der Waals surface area contributed by atoms with Crippen LogP contribution in [0.2, 0.25) is 0 Å². The molecule has 1 rings (SSSR count). The second-order valence-electron chi connectivity index (χ2n) is 5.13. The number of allylic oxidation sites excluding steroid dienone is 4. The van der Waals surface area contributed by atoms with Crippen LogP contribution in [-0.2, 0) is 4.74 Å². The highest BCUT2D eigenvalue weighted by Crippen LogP contribution is 2.33. The van der Waals surface area contributed by atoms with Gasteiger partial charge in [-0.25, -0.2) is 0 Å². The maximum Gasteiger partial charge on any atom is 0.0759 e. The Kier molecular flexibility index (Phi) is 6.28. The lowest BCUT2D eigenvalue weighted by atomic mass is 9.77. The molecule has 0 bridgehead atoms. The molecule has 1 nitrogen and oxygen atoms in total. The zero-order chi connectivity index (χ0) is 12.7. The molecule has 1 unspecified atom stereocenters. The smallest absolute Gasteiger partial charge is 0.0759 e. The van der Waals surface area contributed by atoms with Crippen LogP contribution in [0, 0.1) is 11.8 Å².